The van der Waals surface area contributed by atoms with E-state index in [9.17, 15) is 9.00 Å². The van der Waals surface area contributed by atoms with E-state index in [4.69, 9.17) is 4.55 Å². The maximum Gasteiger partial charge on any atom is 0.237 e. The Morgan fingerprint density at radius 1 is 1.29 bits per heavy atom. The van der Waals surface area contributed by atoms with Crippen LogP contribution in [0.25, 0.3) is 0 Å². The van der Waals surface area contributed by atoms with E-state index in [1.54, 1.807) is 0 Å². The van der Waals surface area contributed by atoms with Gasteiger partial charge in [0.25, 0.3) is 0 Å². The van der Waals surface area contributed by atoms with E-state index in [-0.39, 0.29) is 23.7 Å². The van der Waals surface area contributed by atoms with Crippen LogP contribution in [0.15, 0.2) is 30.3 Å². The fourth-order valence-corrected chi connectivity index (χ4v) is 2.36. The minimum absolute atomic E-state index is 0.0426. The van der Waals surface area contributed by atoms with Gasteiger partial charge in [0, 0.05) is 6.04 Å². The van der Waals surface area contributed by atoms with E-state index in [2.05, 4.69) is 10.6 Å². The topological polar surface area (TPSA) is 78.4 Å². The van der Waals surface area contributed by atoms with Gasteiger partial charge in [0.15, 0.2) is 11.1 Å². The lowest BCUT2D eigenvalue weighted by atomic mass is 10.0. The van der Waals surface area contributed by atoms with E-state index in [1.807, 2.05) is 44.2 Å². The summed E-state index contributed by atoms with van der Waals surface area (Å²) in [6, 6.07) is 9.56. The van der Waals surface area contributed by atoms with Crippen molar-refractivity contribution in [2.75, 3.05) is 12.3 Å². The fraction of sp³-hybridized carbons (Fsp3) is 0.533. The van der Waals surface area contributed by atoms with E-state index in [1.165, 1.54) is 0 Å². The number of carbonyl (C=O) groups is 1. The molecule has 0 aliphatic carbocycles. The van der Waals surface area contributed by atoms with Crippen LogP contribution in [0.1, 0.15) is 25.8 Å². The molecule has 5 nitrogen and oxygen atoms in total. The van der Waals surface area contributed by atoms with Crippen LogP contribution in [0.2, 0.25) is 0 Å². The molecule has 0 spiro atoms. The molecule has 0 aliphatic heterocycles. The highest BCUT2D eigenvalue weighted by molar-refractivity contribution is 7.79. The summed E-state index contributed by atoms with van der Waals surface area (Å²) in [7, 11) is 0. The summed E-state index contributed by atoms with van der Waals surface area (Å²) in [5, 5.41) is 6.07. The molecule has 3 N–H and O–H groups in total. The van der Waals surface area contributed by atoms with Gasteiger partial charge < -0.3 is 15.2 Å². The van der Waals surface area contributed by atoms with Crippen LogP contribution < -0.4 is 10.6 Å². The Bertz CT molecular complexity index is 451. The maximum atomic E-state index is 12.2. The molecule has 0 fully saturated rings. The molecule has 1 aromatic rings. The molecule has 0 aromatic heterocycles. The molecular formula is C15H24N2O3S. The Morgan fingerprint density at radius 3 is 2.52 bits per heavy atom. The van der Waals surface area contributed by atoms with Gasteiger partial charge in [0.05, 0.1) is 11.8 Å². The Morgan fingerprint density at radius 2 is 1.95 bits per heavy atom. The van der Waals surface area contributed by atoms with Crippen molar-refractivity contribution < 1.29 is 13.6 Å². The molecule has 1 rings (SSSR count). The largest absolute Gasteiger partial charge is 0.353 e. The summed E-state index contributed by atoms with van der Waals surface area (Å²) in [5.41, 5.74) is 1.08. The number of hydrogen-bond donors (Lipinski definition) is 3. The first-order chi connectivity index (χ1) is 9.99. The third kappa shape index (κ3) is 7.94. The van der Waals surface area contributed by atoms with E-state index < -0.39 is 11.1 Å². The van der Waals surface area contributed by atoms with Crippen molar-refractivity contribution in [3.63, 3.8) is 0 Å². The third-order valence-electron chi connectivity index (χ3n) is 2.92. The Kier molecular flexibility index (Phi) is 8.19. The molecule has 0 aliphatic rings. The lowest BCUT2D eigenvalue weighted by Crippen LogP contribution is -2.48. The van der Waals surface area contributed by atoms with Crippen molar-refractivity contribution in [3.05, 3.63) is 35.9 Å². The predicted octanol–water partition coefficient (Wildman–Crippen LogP) is 1.32. The molecule has 1 aromatic carbocycles. The molecule has 1 amide bonds. The average molecular weight is 312 g/mol. The van der Waals surface area contributed by atoms with E-state index in [0.29, 0.717) is 19.4 Å². The summed E-state index contributed by atoms with van der Waals surface area (Å²) in [6.07, 6.45) is 1.16. The first-order valence-electron chi connectivity index (χ1n) is 7.14. The molecular weight excluding hydrogens is 288 g/mol. The predicted molar refractivity (Wildman–Crippen MR) is 85.5 cm³/mol. The van der Waals surface area contributed by atoms with Crippen LogP contribution >= 0.6 is 0 Å². The zero-order valence-corrected chi connectivity index (χ0v) is 13.4. The van der Waals surface area contributed by atoms with Crippen LogP contribution in [0.3, 0.4) is 0 Å². The molecule has 118 valence electrons. The quantitative estimate of drug-likeness (QED) is 0.475. The van der Waals surface area contributed by atoms with Gasteiger partial charge in [-0.15, -0.1) is 0 Å². The van der Waals surface area contributed by atoms with Gasteiger partial charge in [-0.3, -0.25) is 4.79 Å². The highest BCUT2D eigenvalue weighted by atomic mass is 32.2. The SMILES string of the molecule is CC(C)NC(=O)C(Cc1ccccc1)NCCCS(=O)O. The zero-order valence-electron chi connectivity index (χ0n) is 12.5. The molecule has 0 saturated heterocycles. The number of rotatable bonds is 9. The van der Waals surface area contributed by atoms with Crippen LogP contribution in [-0.4, -0.2) is 39.1 Å². The maximum absolute atomic E-state index is 12.2. The zero-order chi connectivity index (χ0) is 15.7. The summed E-state index contributed by atoms with van der Waals surface area (Å²) < 4.78 is 19.4. The van der Waals surface area contributed by atoms with Gasteiger partial charge in [-0.2, -0.15) is 0 Å². The molecule has 0 radical (unpaired) electrons. The van der Waals surface area contributed by atoms with Crippen molar-refractivity contribution >= 4 is 17.0 Å². The number of amides is 1. The van der Waals surface area contributed by atoms with Crippen molar-refractivity contribution in [2.24, 2.45) is 0 Å². The molecule has 21 heavy (non-hydrogen) atoms. The molecule has 0 saturated carbocycles. The lowest BCUT2D eigenvalue weighted by molar-refractivity contribution is -0.123. The number of benzene rings is 1. The third-order valence-corrected chi connectivity index (χ3v) is 3.55. The van der Waals surface area contributed by atoms with E-state index in [0.717, 1.165) is 5.56 Å². The van der Waals surface area contributed by atoms with Gasteiger partial charge in [-0.05, 0) is 38.8 Å². The average Bonchev–Trinajstić information content (AvgIpc) is 2.42. The smallest absolute Gasteiger partial charge is 0.237 e. The van der Waals surface area contributed by atoms with Gasteiger partial charge in [0.1, 0.15) is 0 Å². The highest BCUT2D eigenvalue weighted by Crippen LogP contribution is 2.04. The summed E-state index contributed by atoms with van der Waals surface area (Å²) >= 11 is -1.78. The van der Waals surface area contributed by atoms with Crippen molar-refractivity contribution in [1.82, 2.24) is 10.6 Å². The molecule has 0 heterocycles. The van der Waals surface area contributed by atoms with Gasteiger partial charge in [0.2, 0.25) is 5.91 Å². The number of carbonyl (C=O) groups excluding carboxylic acids is 1. The van der Waals surface area contributed by atoms with E-state index >= 15 is 0 Å². The minimum Gasteiger partial charge on any atom is -0.353 e. The molecule has 2 atom stereocenters. The Balaban J connectivity index is 2.57. The first kappa shape index (κ1) is 17.8. The normalized spacial score (nSPS) is 13.9. The van der Waals surface area contributed by atoms with Crippen molar-refractivity contribution in [1.29, 1.82) is 0 Å². The lowest BCUT2D eigenvalue weighted by Gasteiger charge is -2.20. The van der Waals surface area contributed by atoms with Crippen molar-refractivity contribution in [2.45, 2.75) is 38.8 Å². The van der Waals surface area contributed by atoms with Crippen LogP contribution in [-0.2, 0) is 22.3 Å². The van der Waals surface area contributed by atoms with Crippen LogP contribution in [0, 0.1) is 0 Å². The monoisotopic (exact) mass is 312 g/mol. The second-order valence-electron chi connectivity index (χ2n) is 5.24. The van der Waals surface area contributed by atoms with Crippen LogP contribution in [0.5, 0.6) is 0 Å². The van der Waals surface area contributed by atoms with Gasteiger partial charge >= 0.3 is 0 Å². The number of nitrogens with one attached hydrogen (secondary N) is 2. The van der Waals surface area contributed by atoms with Crippen LogP contribution in [0.4, 0.5) is 0 Å². The fourth-order valence-electron chi connectivity index (χ4n) is 1.96. The molecule has 0 bridgehead atoms. The Hall–Kier alpha value is -1.24. The Labute approximate surface area is 128 Å². The second-order valence-corrected chi connectivity index (χ2v) is 6.29. The minimum atomic E-state index is -1.78. The second kappa shape index (κ2) is 9.65. The van der Waals surface area contributed by atoms with Gasteiger partial charge in [-0.25, -0.2) is 4.21 Å². The summed E-state index contributed by atoms with van der Waals surface area (Å²) in [5.74, 6) is 0.176. The van der Waals surface area contributed by atoms with Gasteiger partial charge in [-0.1, -0.05) is 30.3 Å². The molecule has 2 unspecified atom stereocenters. The van der Waals surface area contributed by atoms with Crippen molar-refractivity contribution in [3.8, 4) is 0 Å². The molecule has 6 heteroatoms. The first-order valence-corrected chi connectivity index (χ1v) is 8.41. The highest BCUT2D eigenvalue weighted by Gasteiger charge is 2.18. The number of hydrogen-bond acceptors (Lipinski definition) is 3. The summed E-state index contributed by atoms with van der Waals surface area (Å²) in [4.78, 5) is 12.2. The summed E-state index contributed by atoms with van der Waals surface area (Å²) in [6.45, 7) is 4.38. The standard InChI is InChI=1S/C15H24N2O3S/c1-12(2)17-15(18)14(16-9-6-10-21(19)20)11-13-7-4-3-5-8-13/h3-5,7-8,12,14,16H,6,9-11H2,1-2H3,(H,17,18)(H,19,20).